The maximum atomic E-state index is 5.86. The van der Waals surface area contributed by atoms with Gasteiger partial charge in [0.1, 0.15) is 0 Å². The zero-order valence-corrected chi connectivity index (χ0v) is 11.7. The van der Waals surface area contributed by atoms with E-state index in [2.05, 4.69) is 25.8 Å². The van der Waals surface area contributed by atoms with Crippen LogP contribution in [0.3, 0.4) is 0 Å². The minimum absolute atomic E-state index is 0.352. The standard InChI is InChI=1S/C13H11ClN6O/c14-9-3-1-8(2-4-9)12-16-13(21-18-12)11-7-20(19-17-11)10-5-15-6-10/h1-4,7,10,15H,5-6H2. The number of hydrogen-bond acceptors (Lipinski definition) is 6. The number of nitrogens with zero attached hydrogens (tertiary/aromatic N) is 5. The van der Waals surface area contributed by atoms with Crippen molar-refractivity contribution in [3.8, 4) is 23.0 Å². The Bertz CT molecular complexity index is 761. The first-order valence-electron chi connectivity index (χ1n) is 6.52. The lowest BCUT2D eigenvalue weighted by molar-refractivity contribution is 0.313. The quantitative estimate of drug-likeness (QED) is 0.794. The highest BCUT2D eigenvalue weighted by atomic mass is 35.5. The molecule has 1 aliphatic heterocycles. The SMILES string of the molecule is Clc1ccc(-c2noc(-c3cn(C4CNC4)nn3)n2)cc1. The molecule has 8 heteroatoms. The topological polar surface area (TPSA) is 81.7 Å². The molecule has 0 spiro atoms. The summed E-state index contributed by atoms with van der Waals surface area (Å²) in [5, 5.41) is 16.0. The lowest BCUT2D eigenvalue weighted by atomic mass is 10.2. The fourth-order valence-electron chi connectivity index (χ4n) is 2.06. The van der Waals surface area contributed by atoms with Crippen LogP contribution in [0.25, 0.3) is 23.0 Å². The van der Waals surface area contributed by atoms with Crippen LogP contribution in [0.4, 0.5) is 0 Å². The minimum Gasteiger partial charge on any atom is -0.332 e. The summed E-state index contributed by atoms with van der Waals surface area (Å²) in [5.41, 5.74) is 1.42. The molecule has 7 nitrogen and oxygen atoms in total. The van der Waals surface area contributed by atoms with E-state index in [0.717, 1.165) is 18.7 Å². The summed E-state index contributed by atoms with van der Waals surface area (Å²) in [6, 6.07) is 7.60. The smallest absolute Gasteiger partial charge is 0.280 e. The van der Waals surface area contributed by atoms with Crippen LogP contribution < -0.4 is 5.32 Å². The molecule has 0 unspecified atom stereocenters. The van der Waals surface area contributed by atoms with Gasteiger partial charge in [0.05, 0.1) is 12.2 Å². The number of halogens is 1. The molecule has 0 bridgehead atoms. The first kappa shape index (κ1) is 12.5. The molecule has 1 aromatic carbocycles. The Morgan fingerprint density at radius 1 is 1.24 bits per heavy atom. The van der Waals surface area contributed by atoms with Gasteiger partial charge in [-0.1, -0.05) is 22.0 Å². The van der Waals surface area contributed by atoms with E-state index in [1.807, 2.05) is 23.0 Å². The first-order chi connectivity index (χ1) is 10.3. The van der Waals surface area contributed by atoms with E-state index < -0.39 is 0 Å². The van der Waals surface area contributed by atoms with Crippen molar-refractivity contribution in [2.75, 3.05) is 13.1 Å². The number of aromatic nitrogens is 5. The Balaban J connectivity index is 1.61. The molecule has 3 heterocycles. The van der Waals surface area contributed by atoms with Crippen molar-refractivity contribution in [1.82, 2.24) is 30.5 Å². The van der Waals surface area contributed by atoms with E-state index in [1.165, 1.54) is 0 Å². The second-order valence-corrected chi connectivity index (χ2v) is 5.26. The molecule has 0 atom stereocenters. The van der Waals surface area contributed by atoms with Crippen LogP contribution in [-0.2, 0) is 0 Å². The predicted octanol–water partition coefficient (Wildman–Crippen LogP) is 1.79. The molecule has 1 aliphatic rings. The van der Waals surface area contributed by atoms with Crippen LogP contribution in [0.5, 0.6) is 0 Å². The molecule has 4 rings (SSSR count). The molecular formula is C13H11ClN6O. The second kappa shape index (κ2) is 4.94. The van der Waals surface area contributed by atoms with Gasteiger partial charge in [-0.05, 0) is 24.3 Å². The average Bonchev–Trinajstić information content (AvgIpc) is 3.06. The summed E-state index contributed by atoms with van der Waals surface area (Å²) in [5.74, 6) is 0.861. The van der Waals surface area contributed by atoms with Crippen LogP contribution in [0, 0.1) is 0 Å². The number of benzene rings is 1. The van der Waals surface area contributed by atoms with Crippen molar-refractivity contribution in [2.24, 2.45) is 0 Å². The summed E-state index contributed by atoms with van der Waals surface area (Å²) in [7, 11) is 0. The van der Waals surface area contributed by atoms with Crippen LogP contribution in [-0.4, -0.2) is 38.2 Å². The molecule has 0 amide bonds. The summed E-state index contributed by atoms with van der Waals surface area (Å²) in [4.78, 5) is 4.34. The average molecular weight is 303 g/mol. The van der Waals surface area contributed by atoms with Crippen molar-refractivity contribution in [1.29, 1.82) is 0 Å². The van der Waals surface area contributed by atoms with Gasteiger partial charge in [0.25, 0.3) is 5.89 Å². The van der Waals surface area contributed by atoms with Gasteiger partial charge in [0, 0.05) is 23.7 Å². The largest absolute Gasteiger partial charge is 0.332 e. The lowest BCUT2D eigenvalue weighted by Gasteiger charge is -2.26. The summed E-state index contributed by atoms with van der Waals surface area (Å²) >= 11 is 5.86. The molecule has 3 aromatic rings. The van der Waals surface area contributed by atoms with E-state index in [0.29, 0.717) is 28.5 Å². The van der Waals surface area contributed by atoms with E-state index in [4.69, 9.17) is 16.1 Å². The summed E-state index contributed by atoms with van der Waals surface area (Å²) in [6.07, 6.45) is 1.82. The third kappa shape index (κ3) is 2.30. The van der Waals surface area contributed by atoms with Gasteiger partial charge in [-0.2, -0.15) is 4.98 Å². The molecule has 0 aliphatic carbocycles. The lowest BCUT2D eigenvalue weighted by Crippen LogP contribution is -2.43. The molecular weight excluding hydrogens is 292 g/mol. The van der Waals surface area contributed by atoms with E-state index in [9.17, 15) is 0 Å². The van der Waals surface area contributed by atoms with Gasteiger partial charge in [-0.15, -0.1) is 5.10 Å². The number of nitrogens with one attached hydrogen (secondary N) is 1. The normalized spacial score (nSPS) is 15.1. The Morgan fingerprint density at radius 2 is 2.05 bits per heavy atom. The molecule has 1 N–H and O–H groups in total. The zero-order chi connectivity index (χ0) is 14.2. The van der Waals surface area contributed by atoms with Crippen LogP contribution in [0.2, 0.25) is 5.02 Å². The maximum absolute atomic E-state index is 5.86. The van der Waals surface area contributed by atoms with Gasteiger partial charge in [0.2, 0.25) is 5.82 Å². The van der Waals surface area contributed by atoms with Crippen LogP contribution in [0.1, 0.15) is 6.04 Å². The molecule has 0 saturated carbocycles. The van der Waals surface area contributed by atoms with Gasteiger partial charge in [0.15, 0.2) is 5.69 Å². The molecule has 1 saturated heterocycles. The zero-order valence-electron chi connectivity index (χ0n) is 10.9. The van der Waals surface area contributed by atoms with Crippen LogP contribution >= 0.6 is 11.6 Å². The van der Waals surface area contributed by atoms with E-state index in [-0.39, 0.29) is 0 Å². The van der Waals surface area contributed by atoms with Gasteiger partial charge >= 0.3 is 0 Å². The van der Waals surface area contributed by atoms with Crippen molar-refractivity contribution in [3.63, 3.8) is 0 Å². The summed E-state index contributed by atoms with van der Waals surface area (Å²) < 4.78 is 7.07. The minimum atomic E-state index is 0.352. The third-order valence-corrected chi connectivity index (χ3v) is 3.64. The van der Waals surface area contributed by atoms with Crippen molar-refractivity contribution in [2.45, 2.75) is 6.04 Å². The van der Waals surface area contributed by atoms with E-state index >= 15 is 0 Å². The predicted molar refractivity (Wildman–Crippen MR) is 75.7 cm³/mol. The van der Waals surface area contributed by atoms with Crippen LogP contribution in [0.15, 0.2) is 35.0 Å². The third-order valence-electron chi connectivity index (χ3n) is 3.39. The highest BCUT2D eigenvalue weighted by Crippen LogP contribution is 2.22. The molecule has 21 heavy (non-hydrogen) atoms. The number of hydrogen-bond donors (Lipinski definition) is 1. The summed E-state index contributed by atoms with van der Waals surface area (Å²) in [6.45, 7) is 1.81. The first-order valence-corrected chi connectivity index (χ1v) is 6.90. The fourth-order valence-corrected chi connectivity index (χ4v) is 2.18. The molecule has 0 radical (unpaired) electrons. The monoisotopic (exact) mass is 302 g/mol. The van der Waals surface area contributed by atoms with Crippen molar-refractivity contribution < 1.29 is 4.52 Å². The Hall–Kier alpha value is -2.25. The van der Waals surface area contributed by atoms with Gasteiger partial charge in [-0.3, -0.25) is 0 Å². The second-order valence-electron chi connectivity index (χ2n) is 4.83. The Labute approximate surface area is 124 Å². The maximum Gasteiger partial charge on any atom is 0.280 e. The van der Waals surface area contributed by atoms with Gasteiger partial charge < -0.3 is 9.84 Å². The van der Waals surface area contributed by atoms with Crippen molar-refractivity contribution >= 4 is 11.6 Å². The highest BCUT2D eigenvalue weighted by Gasteiger charge is 2.22. The van der Waals surface area contributed by atoms with Crippen molar-refractivity contribution in [3.05, 3.63) is 35.5 Å². The molecule has 1 fully saturated rings. The van der Waals surface area contributed by atoms with Gasteiger partial charge in [-0.25, -0.2) is 4.68 Å². The fraction of sp³-hybridized carbons (Fsp3) is 0.231. The number of rotatable bonds is 3. The molecule has 106 valence electrons. The Kier molecular flexibility index (Phi) is 2.94. The van der Waals surface area contributed by atoms with E-state index in [1.54, 1.807) is 12.1 Å². The Morgan fingerprint density at radius 3 is 2.76 bits per heavy atom. The highest BCUT2D eigenvalue weighted by molar-refractivity contribution is 6.30. The molecule has 2 aromatic heterocycles.